The van der Waals surface area contributed by atoms with E-state index in [4.69, 9.17) is 0 Å². The number of nitrogens with zero attached hydrogens (tertiary/aromatic N) is 1. The van der Waals surface area contributed by atoms with Gasteiger partial charge in [0.05, 0.1) is 11.1 Å². The van der Waals surface area contributed by atoms with Crippen molar-refractivity contribution in [2.75, 3.05) is 20.1 Å². The molecule has 2 rings (SSSR count). The summed E-state index contributed by atoms with van der Waals surface area (Å²) in [4.78, 5) is 14.0. The molecule has 1 aromatic rings. The highest BCUT2D eigenvalue weighted by Gasteiger charge is 2.34. The van der Waals surface area contributed by atoms with Gasteiger partial charge < -0.3 is 10.2 Å². The van der Waals surface area contributed by atoms with Crippen molar-refractivity contribution in [3.63, 3.8) is 0 Å². The third kappa shape index (κ3) is 3.76. The largest absolute Gasteiger partial charge is 0.345 e. The molecule has 1 aliphatic heterocycles. The Balaban J connectivity index is 0.000000956. The van der Waals surface area contributed by atoms with Crippen LogP contribution in [-0.4, -0.2) is 36.5 Å². The summed E-state index contributed by atoms with van der Waals surface area (Å²) in [6.45, 7) is 7.49. The Morgan fingerprint density at radius 2 is 2.00 bits per heavy atom. The van der Waals surface area contributed by atoms with Crippen LogP contribution in [0.25, 0.3) is 0 Å². The Kier molecular flexibility index (Phi) is 5.62. The van der Waals surface area contributed by atoms with E-state index in [0.717, 1.165) is 19.0 Å². The summed E-state index contributed by atoms with van der Waals surface area (Å²) < 4.78 is 26.5. The van der Waals surface area contributed by atoms with Gasteiger partial charge in [0.25, 0.3) is 5.91 Å². The number of nitrogens with one attached hydrogen (secondary N) is 1. The summed E-state index contributed by atoms with van der Waals surface area (Å²) in [5.41, 5.74) is -0.629. The molecule has 5 heteroatoms. The Labute approximate surface area is 119 Å². The summed E-state index contributed by atoms with van der Waals surface area (Å²) in [5, 5.41) is 2.78. The summed E-state index contributed by atoms with van der Waals surface area (Å²) in [7, 11) is 1.96. The smallest absolute Gasteiger partial charge is 0.254 e. The Morgan fingerprint density at radius 3 is 2.55 bits per heavy atom. The maximum absolute atomic E-state index is 13.5. The monoisotopic (exact) mass is 284 g/mol. The van der Waals surface area contributed by atoms with Crippen molar-refractivity contribution in [1.29, 1.82) is 0 Å². The zero-order valence-electron chi connectivity index (χ0n) is 12.5. The number of hydrogen-bond donors (Lipinski definition) is 1. The zero-order valence-corrected chi connectivity index (χ0v) is 12.5. The van der Waals surface area contributed by atoms with Crippen LogP contribution in [0.15, 0.2) is 18.2 Å². The first kappa shape index (κ1) is 16.6. The molecule has 1 aromatic carbocycles. The van der Waals surface area contributed by atoms with E-state index in [2.05, 4.69) is 10.2 Å². The van der Waals surface area contributed by atoms with Crippen molar-refractivity contribution in [3.05, 3.63) is 35.4 Å². The molecule has 1 amide bonds. The van der Waals surface area contributed by atoms with E-state index in [-0.39, 0.29) is 11.1 Å². The SMILES string of the molecule is CC.CN1CCC(C)(NC(=O)c2cccc(F)c2F)C1. The predicted octanol–water partition coefficient (Wildman–Crippen LogP) is 2.82. The second-order valence-corrected chi connectivity index (χ2v) is 5.10. The van der Waals surface area contributed by atoms with E-state index >= 15 is 0 Å². The Morgan fingerprint density at radius 1 is 1.35 bits per heavy atom. The number of amides is 1. The van der Waals surface area contributed by atoms with Crippen LogP contribution < -0.4 is 5.32 Å². The van der Waals surface area contributed by atoms with Gasteiger partial charge in [0.1, 0.15) is 0 Å². The van der Waals surface area contributed by atoms with Crippen LogP contribution in [0.1, 0.15) is 37.6 Å². The number of carbonyl (C=O) groups is 1. The number of benzene rings is 1. The van der Waals surface area contributed by atoms with E-state index in [1.54, 1.807) is 0 Å². The quantitative estimate of drug-likeness (QED) is 0.905. The molecular formula is C15H22F2N2O. The van der Waals surface area contributed by atoms with Gasteiger partial charge in [-0.15, -0.1) is 0 Å². The highest BCUT2D eigenvalue weighted by atomic mass is 19.2. The minimum atomic E-state index is -1.09. The Bertz CT molecular complexity index is 479. The third-order valence-electron chi connectivity index (χ3n) is 3.28. The predicted molar refractivity (Wildman–Crippen MR) is 75.7 cm³/mol. The molecule has 20 heavy (non-hydrogen) atoms. The van der Waals surface area contributed by atoms with Crippen LogP contribution in [0.5, 0.6) is 0 Å². The highest BCUT2D eigenvalue weighted by Crippen LogP contribution is 2.20. The van der Waals surface area contributed by atoms with E-state index in [1.165, 1.54) is 12.1 Å². The van der Waals surface area contributed by atoms with Gasteiger partial charge in [-0.1, -0.05) is 19.9 Å². The topological polar surface area (TPSA) is 32.3 Å². The van der Waals surface area contributed by atoms with Crippen molar-refractivity contribution in [3.8, 4) is 0 Å². The van der Waals surface area contributed by atoms with Gasteiger partial charge in [-0.05, 0) is 32.5 Å². The van der Waals surface area contributed by atoms with Gasteiger partial charge in [-0.25, -0.2) is 8.78 Å². The summed E-state index contributed by atoms with van der Waals surface area (Å²) in [6.07, 6.45) is 0.798. The van der Waals surface area contributed by atoms with Gasteiger partial charge >= 0.3 is 0 Å². The molecule has 1 heterocycles. The number of hydrogen-bond acceptors (Lipinski definition) is 2. The summed E-state index contributed by atoms with van der Waals surface area (Å²) >= 11 is 0. The lowest BCUT2D eigenvalue weighted by atomic mass is 10.0. The number of carbonyl (C=O) groups excluding carboxylic acids is 1. The molecule has 1 atom stereocenters. The van der Waals surface area contributed by atoms with Crippen LogP contribution in [-0.2, 0) is 0 Å². The lowest BCUT2D eigenvalue weighted by molar-refractivity contribution is 0.0904. The molecule has 0 aromatic heterocycles. The maximum atomic E-state index is 13.5. The molecule has 0 aliphatic carbocycles. The number of halogens is 2. The van der Waals surface area contributed by atoms with E-state index in [0.29, 0.717) is 6.54 Å². The van der Waals surface area contributed by atoms with Gasteiger partial charge in [0, 0.05) is 13.1 Å². The first-order valence-corrected chi connectivity index (χ1v) is 6.86. The zero-order chi connectivity index (χ0) is 15.3. The molecule has 0 bridgehead atoms. The fourth-order valence-electron chi connectivity index (χ4n) is 2.31. The number of likely N-dealkylation sites (tertiary alicyclic amines) is 1. The fourth-order valence-corrected chi connectivity index (χ4v) is 2.31. The first-order chi connectivity index (χ1) is 9.41. The van der Waals surface area contributed by atoms with Crippen molar-refractivity contribution >= 4 is 5.91 Å². The van der Waals surface area contributed by atoms with E-state index < -0.39 is 17.5 Å². The molecular weight excluding hydrogens is 262 g/mol. The molecule has 1 unspecified atom stereocenters. The van der Waals surface area contributed by atoms with Gasteiger partial charge in [-0.3, -0.25) is 4.79 Å². The molecule has 0 saturated carbocycles. The second-order valence-electron chi connectivity index (χ2n) is 5.10. The minimum absolute atomic E-state index is 0.245. The molecule has 0 radical (unpaired) electrons. The molecule has 3 nitrogen and oxygen atoms in total. The fraction of sp³-hybridized carbons (Fsp3) is 0.533. The molecule has 1 saturated heterocycles. The Hall–Kier alpha value is -1.49. The molecule has 1 aliphatic rings. The normalized spacial score (nSPS) is 22.1. The number of likely N-dealkylation sites (N-methyl/N-ethyl adjacent to an activating group) is 1. The van der Waals surface area contributed by atoms with Crippen LogP contribution >= 0.6 is 0 Å². The van der Waals surface area contributed by atoms with Gasteiger partial charge in [-0.2, -0.15) is 0 Å². The molecule has 112 valence electrons. The van der Waals surface area contributed by atoms with Crippen LogP contribution in [0.4, 0.5) is 8.78 Å². The van der Waals surface area contributed by atoms with Crippen molar-refractivity contribution in [2.24, 2.45) is 0 Å². The lowest BCUT2D eigenvalue weighted by Gasteiger charge is -2.25. The van der Waals surface area contributed by atoms with Crippen LogP contribution in [0.2, 0.25) is 0 Å². The minimum Gasteiger partial charge on any atom is -0.345 e. The van der Waals surface area contributed by atoms with Crippen LogP contribution in [0.3, 0.4) is 0 Å². The first-order valence-electron chi connectivity index (χ1n) is 6.86. The molecule has 1 N–H and O–H groups in total. The second kappa shape index (κ2) is 6.79. The van der Waals surface area contributed by atoms with Crippen molar-refractivity contribution in [1.82, 2.24) is 10.2 Å². The standard InChI is InChI=1S/C13H16F2N2O.C2H6/c1-13(6-7-17(2)8-13)16-12(18)9-4-3-5-10(14)11(9)15;1-2/h3-5H,6-8H2,1-2H3,(H,16,18);1-2H3. The summed E-state index contributed by atoms with van der Waals surface area (Å²) in [5.74, 6) is -2.66. The van der Waals surface area contributed by atoms with Crippen LogP contribution in [0, 0.1) is 11.6 Å². The average molecular weight is 284 g/mol. The van der Waals surface area contributed by atoms with Gasteiger partial charge in [0.15, 0.2) is 11.6 Å². The summed E-state index contributed by atoms with van der Waals surface area (Å²) in [6, 6.07) is 3.61. The average Bonchev–Trinajstić information content (AvgIpc) is 2.74. The maximum Gasteiger partial charge on any atom is 0.254 e. The molecule has 1 fully saturated rings. The van der Waals surface area contributed by atoms with E-state index in [1.807, 2.05) is 27.8 Å². The van der Waals surface area contributed by atoms with E-state index in [9.17, 15) is 13.6 Å². The van der Waals surface area contributed by atoms with Crippen molar-refractivity contribution in [2.45, 2.75) is 32.7 Å². The number of rotatable bonds is 2. The third-order valence-corrected chi connectivity index (χ3v) is 3.28. The molecule has 0 spiro atoms. The lowest BCUT2D eigenvalue weighted by Crippen LogP contribution is -2.47. The van der Waals surface area contributed by atoms with Gasteiger partial charge in [0.2, 0.25) is 0 Å². The van der Waals surface area contributed by atoms with Crippen molar-refractivity contribution < 1.29 is 13.6 Å². The highest BCUT2D eigenvalue weighted by molar-refractivity contribution is 5.95.